The smallest absolute Gasteiger partial charge is 0.200 e. The van der Waals surface area contributed by atoms with Crippen LogP contribution < -0.4 is 4.74 Å². The van der Waals surface area contributed by atoms with Crippen LogP contribution in [0, 0.1) is 0 Å². The Balaban J connectivity index is 1.76. The summed E-state index contributed by atoms with van der Waals surface area (Å²) in [5.41, 5.74) is 1.16. The molecule has 8 nitrogen and oxygen atoms in total. The Hall–Kier alpha value is -2.27. The molecule has 1 aliphatic rings. The highest BCUT2D eigenvalue weighted by Crippen LogP contribution is 2.37. The zero-order valence-electron chi connectivity index (χ0n) is 17.6. The van der Waals surface area contributed by atoms with Crippen LogP contribution in [-0.4, -0.2) is 68.0 Å². The highest BCUT2D eigenvalue weighted by molar-refractivity contribution is 7.79. The summed E-state index contributed by atoms with van der Waals surface area (Å²) < 4.78 is 33.3. The van der Waals surface area contributed by atoms with Gasteiger partial charge in [0.05, 0.1) is 31.0 Å². The fourth-order valence-electron chi connectivity index (χ4n) is 3.65. The predicted molar refractivity (Wildman–Crippen MR) is 127 cm³/mol. The minimum atomic E-state index is -2.14. The third-order valence-corrected chi connectivity index (χ3v) is 6.53. The summed E-state index contributed by atoms with van der Waals surface area (Å²) in [6, 6.07) is 14.3. The number of ketones is 1. The molecule has 1 aromatic heterocycles. The quantitative estimate of drug-likeness (QED) is 0.381. The van der Waals surface area contributed by atoms with Crippen LogP contribution in [0.3, 0.4) is 0 Å². The second kappa shape index (κ2) is 10.3. The average Bonchev–Trinajstić information content (AvgIpc) is 3.19. The van der Waals surface area contributed by atoms with Crippen molar-refractivity contribution in [2.24, 2.45) is 0 Å². The van der Waals surface area contributed by atoms with Gasteiger partial charge < -0.3 is 14.0 Å². The number of nitrogens with zero attached hydrogens (tertiary/aromatic N) is 3. The molecule has 2 atom stereocenters. The first-order valence-electron chi connectivity index (χ1n) is 10.0. The van der Waals surface area contributed by atoms with Crippen LogP contribution in [-0.2, 0) is 15.8 Å². The van der Waals surface area contributed by atoms with Crippen molar-refractivity contribution in [2.75, 3.05) is 33.4 Å². The van der Waals surface area contributed by atoms with E-state index in [1.54, 1.807) is 39.9 Å². The fraction of sp³-hybridized carbons (Fsp3) is 0.273. The average molecular weight is 510 g/mol. The van der Waals surface area contributed by atoms with E-state index < -0.39 is 16.5 Å². The van der Waals surface area contributed by atoms with E-state index >= 15 is 0 Å². The lowest BCUT2D eigenvalue weighted by Gasteiger charge is -2.30. The molecule has 0 radical (unpaired) electrons. The lowest BCUT2D eigenvalue weighted by atomic mass is 10.1. The van der Waals surface area contributed by atoms with Crippen LogP contribution in [0.15, 0.2) is 48.5 Å². The molecule has 0 bridgehead atoms. The highest BCUT2D eigenvalue weighted by Gasteiger charge is 2.30. The number of aromatic nitrogens is 2. The summed E-state index contributed by atoms with van der Waals surface area (Å²) in [4.78, 5) is 15.1. The highest BCUT2D eigenvalue weighted by atomic mass is 35.5. The zero-order chi connectivity index (χ0) is 23.5. The Bertz CT molecular complexity index is 1190. The van der Waals surface area contributed by atoms with Gasteiger partial charge in [-0.25, -0.2) is 8.89 Å². The molecule has 0 saturated carbocycles. The first kappa shape index (κ1) is 23.9. The van der Waals surface area contributed by atoms with Crippen LogP contribution in [0.2, 0.25) is 10.0 Å². The van der Waals surface area contributed by atoms with Crippen molar-refractivity contribution < 1.29 is 23.0 Å². The summed E-state index contributed by atoms with van der Waals surface area (Å²) >= 11 is 10.4. The lowest BCUT2D eigenvalue weighted by molar-refractivity contribution is 0.0137. The van der Waals surface area contributed by atoms with Crippen LogP contribution in [0.4, 0.5) is 0 Å². The zero-order valence-corrected chi connectivity index (χ0v) is 19.9. The minimum Gasteiger partial charge on any atom is -0.492 e. The Morgan fingerprint density at radius 2 is 1.97 bits per heavy atom. The second-order valence-corrected chi connectivity index (χ2v) is 9.26. The van der Waals surface area contributed by atoms with Crippen molar-refractivity contribution in [1.82, 2.24) is 14.7 Å². The van der Waals surface area contributed by atoms with Crippen molar-refractivity contribution >= 4 is 40.1 Å². The summed E-state index contributed by atoms with van der Waals surface area (Å²) in [7, 11) is 1.48. The van der Waals surface area contributed by atoms with Gasteiger partial charge in [-0.3, -0.25) is 9.69 Å². The number of carbonyl (C=O) groups is 1. The minimum absolute atomic E-state index is 0.00693. The molecular weight excluding hydrogens is 489 g/mol. The van der Waals surface area contributed by atoms with Crippen molar-refractivity contribution in [3.63, 3.8) is 0 Å². The van der Waals surface area contributed by atoms with Gasteiger partial charge in [0.25, 0.3) is 0 Å². The van der Waals surface area contributed by atoms with E-state index in [9.17, 15) is 13.6 Å². The number of hydrogen-bond donors (Lipinski definition) is 1. The lowest BCUT2D eigenvalue weighted by Crippen LogP contribution is -2.46. The first-order chi connectivity index (χ1) is 15.9. The van der Waals surface area contributed by atoms with Gasteiger partial charge in [0.2, 0.25) is 5.78 Å². The Morgan fingerprint density at radius 3 is 2.64 bits per heavy atom. The molecule has 1 fully saturated rings. The molecule has 2 aromatic carbocycles. The SMILES string of the molecule is COc1c(C(=O)CN2CCOC(S(=O)O)C2)nn(-c2ccccc2Cl)c1-c1ccc(Cl)cc1. The molecule has 4 rings (SSSR count). The number of Topliss-reactive ketones (excluding diaryl/α,β-unsaturated/α-hetero) is 1. The maximum Gasteiger partial charge on any atom is 0.200 e. The van der Waals surface area contributed by atoms with Crippen molar-refractivity contribution in [3.8, 4) is 22.7 Å². The van der Waals surface area contributed by atoms with E-state index in [1.165, 1.54) is 7.11 Å². The number of para-hydroxylation sites is 1. The number of benzene rings is 2. The van der Waals surface area contributed by atoms with Gasteiger partial charge in [-0.1, -0.05) is 47.5 Å². The first-order valence-corrected chi connectivity index (χ1v) is 12.0. The number of ether oxygens (including phenoxy) is 2. The van der Waals surface area contributed by atoms with Gasteiger partial charge in [0.15, 0.2) is 28.0 Å². The van der Waals surface area contributed by atoms with Gasteiger partial charge in [-0.2, -0.15) is 5.10 Å². The molecule has 2 unspecified atom stereocenters. The Labute approximate surface area is 203 Å². The molecule has 1 aliphatic heterocycles. The van der Waals surface area contributed by atoms with Gasteiger partial charge in [0, 0.05) is 23.7 Å². The topological polar surface area (TPSA) is 93.9 Å². The molecule has 2 heterocycles. The molecule has 0 aliphatic carbocycles. The van der Waals surface area contributed by atoms with E-state index in [2.05, 4.69) is 5.10 Å². The summed E-state index contributed by atoms with van der Waals surface area (Å²) in [5.74, 6) is 0.00928. The maximum absolute atomic E-state index is 13.3. The summed E-state index contributed by atoms with van der Waals surface area (Å²) in [6.07, 6.45) is 0. The van der Waals surface area contributed by atoms with Crippen LogP contribution in [0.1, 0.15) is 10.5 Å². The maximum atomic E-state index is 13.3. The fourth-order valence-corrected chi connectivity index (χ4v) is 4.54. The van der Waals surface area contributed by atoms with Crippen LogP contribution >= 0.6 is 23.2 Å². The predicted octanol–water partition coefficient (Wildman–Crippen LogP) is 3.92. The third kappa shape index (κ3) is 5.13. The van der Waals surface area contributed by atoms with Gasteiger partial charge >= 0.3 is 0 Å². The number of hydrogen-bond acceptors (Lipinski definition) is 6. The largest absolute Gasteiger partial charge is 0.492 e. The van der Waals surface area contributed by atoms with E-state index in [0.29, 0.717) is 33.7 Å². The molecule has 1 N–H and O–H groups in total. The molecule has 3 aromatic rings. The Kier molecular flexibility index (Phi) is 7.48. The number of rotatable bonds is 7. The molecule has 174 valence electrons. The van der Waals surface area contributed by atoms with E-state index in [1.807, 2.05) is 18.2 Å². The van der Waals surface area contributed by atoms with E-state index in [-0.39, 0.29) is 31.2 Å². The van der Waals surface area contributed by atoms with Gasteiger partial charge in [-0.15, -0.1) is 0 Å². The molecule has 33 heavy (non-hydrogen) atoms. The van der Waals surface area contributed by atoms with E-state index in [4.69, 9.17) is 32.7 Å². The van der Waals surface area contributed by atoms with Crippen LogP contribution in [0.25, 0.3) is 16.9 Å². The molecule has 1 saturated heterocycles. The van der Waals surface area contributed by atoms with Crippen LogP contribution in [0.5, 0.6) is 5.75 Å². The summed E-state index contributed by atoms with van der Waals surface area (Å²) in [6.45, 7) is 0.863. The number of halogens is 2. The second-order valence-electron chi connectivity index (χ2n) is 7.34. The summed E-state index contributed by atoms with van der Waals surface area (Å²) in [5, 5.41) is 5.61. The van der Waals surface area contributed by atoms with Gasteiger partial charge in [-0.05, 0) is 24.3 Å². The number of methoxy groups -OCH3 is 1. The van der Waals surface area contributed by atoms with Crippen molar-refractivity contribution in [1.29, 1.82) is 0 Å². The molecule has 0 amide bonds. The van der Waals surface area contributed by atoms with Crippen molar-refractivity contribution in [3.05, 3.63) is 64.3 Å². The van der Waals surface area contributed by atoms with E-state index in [0.717, 1.165) is 5.56 Å². The molecule has 11 heteroatoms. The Morgan fingerprint density at radius 1 is 1.24 bits per heavy atom. The third-order valence-electron chi connectivity index (χ3n) is 5.22. The number of carbonyl (C=O) groups excluding carboxylic acids is 1. The normalized spacial score (nSPS) is 17.6. The van der Waals surface area contributed by atoms with Gasteiger partial charge in [0.1, 0.15) is 5.69 Å². The standard InChI is InChI=1S/C22H21Cl2N3O5S/c1-31-22-20(18(28)12-26-10-11-32-19(13-26)33(29)30)25-27(17-5-3-2-4-16(17)24)21(22)14-6-8-15(23)9-7-14/h2-9,19H,10-13H2,1H3,(H,29,30). The monoisotopic (exact) mass is 509 g/mol. The number of morpholine rings is 1. The molecule has 0 spiro atoms. The van der Waals surface area contributed by atoms with Crippen molar-refractivity contribution in [2.45, 2.75) is 5.44 Å². The molecular formula is C22H21Cl2N3O5S.